The van der Waals surface area contributed by atoms with Gasteiger partial charge in [-0.3, -0.25) is 0 Å². The van der Waals surface area contributed by atoms with Crippen molar-refractivity contribution in [2.45, 2.75) is 31.8 Å². The van der Waals surface area contributed by atoms with Gasteiger partial charge in [-0.15, -0.1) is 0 Å². The van der Waals surface area contributed by atoms with Crippen molar-refractivity contribution < 1.29 is 19.2 Å². The van der Waals surface area contributed by atoms with Gasteiger partial charge in [0.1, 0.15) is 0 Å². The van der Waals surface area contributed by atoms with Crippen molar-refractivity contribution in [2.24, 2.45) is 0 Å². The van der Waals surface area contributed by atoms with Crippen LogP contribution < -0.4 is 0 Å². The van der Waals surface area contributed by atoms with E-state index in [9.17, 15) is 4.79 Å². The molecule has 1 aliphatic rings. The number of carboxylic acid groups (broad SMARTS) is 1. The summed E-state index contributed by atoms with van der Waals surface area (Å²) in [5.41, 5.74) is 0. The number of nitrogens with zero attached hydrogens (tertiary/aromatic N) is 2. The van der Waals surface area contributed by atoms with E-state index in [-0.39, 0.29) is 17.8 Å². The fourth-order valence-electron chi connectivity index (χ4n) is 1.81. The molecule has 0 amide bonds. The molecule has 6 heteroatoms. The molecule has 0 radical (unpaired) electrons. The summed E-state index contributed by atoms with van der Waals surface area (Å²) in [5.74, 6) is -1.05. The predicted octanol–water partition coefficient (Wildman–Crippen LogP) is 1.05. The Bertz CT molecular complexity index is 363. The molecule has 82 valence electrons. The van der Waals surface area contributed by atoms with Crippen LogP contribution in [0.5, 0.6) is 0 Å². The number of ether oxygens (including phenoxy) is 1. The SMILES string of the molecule is CCC1OCCC1c1nc(C(=O)O)no1. The first-order valence-corrected chi connectivity index (χ1v) is 4.91. The Hall–Kier alpha value is -1.43. The van der Waals surface area contributed by atoms with Crippen LogP contribution in [0.4, 0.5) is 0 Å². The molecule has 2 rings (SSSR count). The fourth-order valence-corrected chi connectivity index (χ4v) is 1.81. The molecule has 0 bridgehead atoms. The van der Waals surface area contributed by atoms with Crippen molar-refractivity contribution >= 4 is 5.97 Å². The van der Waals surface area contributed by atoms with Gasteiger partial charge in [0, 0.05) is 6.61 Å². The second-order valence-corrected chi connectivity index (χ2v) is 3.47. The zero-order valence-electron chi connectivity index (χ0n) is 8.34. The van der Waals surface area contributed by atoms with Gasteiger partial charge in [0.15, 0.2) is 0 Å². The number of hydrogen-bond acceptors (Lipinski definition) is 5. The summed E-state index contributed by atoms with van der Waals surface area (Å²) in [6.45, 7) is 2.67. The maximum absolute atomic E-state index is 10.6. The Morgan fingerprint density at radius 3 is 3.07 bits per heavy atom. The van der Waals surface area contributed by atoms with Crippen LogP contribution in [0.3, 0.4) is 0 Å². The third kappa shape index (κ3) is 1.85. The van der Waals surface area contributed by atoms with Crippen LogP contribution in [0.25, 0.3) is 0 Å². The summed E-state index contributed by atoms with van der Waals surface area (Å²) in [7, 11) is 0. The van der Waals surface area contributed by atoms with Gasteiger partial charge in [-0.2, -0.15) is 4.98 Å². The highest BCUT2D eigenvalue weighted by molar-refractivity contribution is 5.82. The highest BCUT2D eigenvalue weighted by Gasteiger charge is 2.33. The van der Waals surface area contributed by atoms with E-state index in [0.717, 1.165) is 12.8 Å². The van der Waals surface area contributed by atoms with Gasteiger partial charge in [0.05, 0.1) is 12.0 Å². The summed E-state index contributed by atoms with van der Waals surface area (Å²) >= 11 is 0. The normalized spacial score (nSPS) is 25.7. The lowest BCUT2D eigenvalue weighted by atomic mass is 10.00. The maximum Gasteiger partial charge on any atom is 0.377 e. The molecule has 0 aromatic carbocycles. The van der Waals surface area contributed by atoms with Crippen LogP contribution in [0.15, 0.2) is 4.52 Å². The topological polar surface area (TPSA) is 85.5 Å². The fraction of sp³-hybridized carbons (Fsp3) is 0.667. The van der Waals surface area contributed by atoms with E-state index < -0.39 is 5.97 Å². The van der Waals surface area contributed by atoms with Crippen molar-refractivity contribution in [3.05, 3.63) is 11.7 Å². The molecule has 0 saturated carbocycles. The molecule has 0 spiro atoms. The molecule has 0 aliphatic carbocycles. The van der Waals surface area contributed by atoms with Crippen molar-refractivity contribution in [3.63, 3.8) is 0 Å². The summed E-state index contributed by atoms with van der Waals surface area (Å²) in [4.78, 5) is 14.4. The van der Waals surface area contributed by atoms with E-state index in [1.54, 1.807) is 0 Å². The third-order valence-corrected chi connectivity index (χ3v) is 2.56. The maximum atomic E-state index is 10.6. The molecule has 1 saturated heterocycles. The first kappa shape index (κ1) is 10.1. The minimum Gasteiger partial charge on any atom is -0.475 e. The van der Waals surface area contributed by atoms with Gasteiger partial charge < -0.3 is 14.4 Å². The van der Waals surface area contributed by atoms with Crippen molar-refractivity contribution in [3.8, 4) is 0 Å². The van der Waals surface area contributed by atoms with Crippen molar-refractivity contribution in [1.29, 1.82) is 0 Å². The Balaban J connectivity index is 2.18. The third-order valence-electron chi connectivity index (χ3n) is 2.56. The number of aromatic carboxylic acids is 1. The molecule has 1 fully saturated rings. The molecule has 1 N–H and O–H groups in total. The number of aromatic nitrogens is 2. The molecule has 2 heterocycles. The predicted molar refractivity (Wildman–Crippen MR) is 48.6 cm³/mol. The lowest BCUT2D eigenvalue weighted by Crippen LogP contribution is -2.13. The lowest BCUT2D eigenvalue weighted by molar-refractivity contribution is 0.0680. The van der Waals surface area contributed by atoms with Crippen LogP contribution in [-0.4, -0.2) is 33.9 Å². The molecular formula is C9H12N2O4. The first-order valence-electron chi connectivity index (χ1n) is 4.91. The van der Waals surface area contributed by atoms with Gasteiger partial charge in [0.25, 0.3) is 5.82 Å². The molecule has 2 unspecified atom stereocenters. The van der Waals surface area contributed by atoms with E-state index in [0.29, 0.717) is 12.5 Å². The van der Waals surface area contributed by atoms with Crippen LogP contribution in [0, 0.1) is 0 Å². The molecule has 6 nitrogen and oxygen atoms in total. The van der Waals surface area contributed by atoms with E-state index in [1.165, 1.54) is 0 Å². The molecule has 1 aliphatic heterocycles. The summed E-state index contributed by atoms with van der Waals surface area (Å²) in [6, 6.07) is 0. The number of carbonyl (C=O) groups is 1. The minimum atomic E-state index is -1.17. The quantitative estimate of drug-likeness (QED) is 0.805. The van der Waals surface area contributed by atoms with Crippen LogP contribution in [0.2, 0.25) is 0 Å². The monoisotopic (exact) mass is 212 g/mol. The lowest BCUT2D eigenvalue weighted by Gasteiger charge is -2.11. The minimum absolute atomic E-state index is 0.0376. The van der Waals surface area contributed by atoms with Crippen LogP contribution in [0.1, 0.15) is 42.2 Å². The summed E-state index contributed by atoms with van der Waals surface area (Å²) < 4.78 is 10.4. The smallest absolute Gasteiger partial charge is 0.377 e. The van der Waals surface area contributed by atoms with E-state index in [4.69, 9.17) is 14.4 Å². The van der Waals surface area contributed by atoms with E-state index in [2.05, 4.69) is 10.1 Å². The Morgan fingerprint density at radius 1 is 1.67 bits per heavy atom. The second kappa shape index (κ2) is 3.98. The zero-order chi connectivity index (χ0) is 10.8. The molecular weight excluding hydrogens is 200 g/mol. The Kier molecular flexibility index (Phi) is 2.68. The second-order valence-electron chi connectivity index (χ2n) is 3.47. The molecule has 2 atom stereocenters. The van der Waals surface area contributed by atoms with Gasteiger partial charge in [-0.1, -0.05) is 6.92 Å². The van der Waals surface area contributed by atoms with Gasteiger partial charge in [0.2, 0.25) is 5.89 Å². The molecule has 1 aromatic heterocycles. The number of carboxylic acids is 1. The van der Waals surface area contributed by atoms with Gasteiger partial charge >= 0.3 is 5.97 Å². The van der Waals surface area contributed by atoms with Gasteiger partial charge in [-0.25, -0.2) is 4.79 Å². The Labute approximate surface area is 86.2 Å². The Morgan fingerprint density at radius 2 is 2.47 bits per heavy atom. The highest BCUT2D eigenvalue weighted by atomic mass is 16.5. The number of rotatable bonds is 3. The van der Waals surface area contributed by atoms with Gasteiger partial charge in [-0.05, 0) is 18.0 Å². The van der Waals surface area contributed by atoms with Crippen LogP contribution >= 0.6 is 0 Å². The number of hydrogen-bond donors (Lipinski definition) is 1. The van der Waals surface area contributed by atoms with Crippen molar-refractivity contribution in [1.82, 2.24) is 10.1 Å². The summed E-state index contributed by atoms with van der Waals surface area (Å²) in [6.07, 6.45) is 1.72. The average molecular weight is 212 g/mol. The molecule has 15 heavy (non-hydrogen) atoms. The standard InChI is InChI=1S/C9H12N2O4/c1-2-6-5(3-4-14-6)8-10-7(9(12)13)11-15-8/h5-6H,2-4H2,1H3,(H,12,13). The van der Waals surface area contributed by atoms with E-state index >= 15 is 0 Å². The highest BCUT2D eigenvalue weighted by Crippen LogP contribution is 2.31. The molecule has 1 aromatic rings. The zero-order valence-corrected chi connectivity index (χ0v) is 8.34. The first-order chi connectivity index (χ1) is 7.22. The largest absolute Gasteiger partial charge is 0.475 e. The average Bonchev–Trinajstić information content (AvgIpc) is 2.85. The van der Waals surface area contributed by atoms with Crippen LogP contribution in [-0.2, 0) is 4.74 Å². The van der Waals surface area contributed by atoms with Crippen molar-refractivity contribution in [2.75, 3.05) is 6.61 Å². The van der Waals surface area contributed by atoms with E-state index in [1.807, 2.05) is 6.92 Å². The summed E-state index contributed by atoms with van der Waals surface area (Å²) in [5, 5.41) is 12.0.